The van der Waals surface area contributed by atoms with Crippen molar-refractivity contribution in [2.45, 2.75) is 31.8 Å². The number of carbonyl (C=O) groups excluding carboxylic acids is 1. The smallest absolute Gasteiger partial charge is 0.320 e. The van der Waals surface area contributed by atoms with Crippen molar-refractivity contribution in [2.24, 2.45) is 0 Å². The second-order valence-corrected chi connectivity index (χ2v) is 4.24. The lowest BCUT2D eigenvalue weighted by Gasteiger charge is -2.39. The quantitative estimate of drug-likeness (QED) is 0.621. The fourth-order valence-electron chi connectivity index (χ4n) is 2.07. The Balaban J connectivity index is 1.83. The van der Waals surface area contributed by atoms with E-state index in [2.05, 4.69) is 0 Å². The number of carbonyl (C=O) groups is 1. The van der Waals surface area contributed by atoms with Crippen molar-refractivity contribution >= 4 is 6.03 Å². The predicted molar refractivity (Wildman–Crippen MR) is 53.0 cm³/mol. The molecule has 1 N–H and O–H groups in total. The van der Waals surface area contributed by atoms with Gasteiger partial charge < -0.3 is 14.9 Å². The van der Waals surface area contributed by atoms with Gasteiger partial charge in [-0.15, -0.1) is 0 Å². The third-order valence-electron chi connectivity index (χ3n) is 3.01. The number of hydrogen-bond acceptors (Lipinski definition) is 2. The Morgan fingerprint density at radius 2 is 1.57 bits per heavy atom. The van der Waals surface area contributed by atoms with Crippen LogP contribution in [0.25, 0.3) is 0 Å². The van der Waals surface area contributed by atoms with Crippen LogP contribution in [0.2, 0.25) is 0 Å². The first-order chi connectivity index (χ1) is 6.77. The summed E-state index contributed by atoms with van der Waals surface area (Å²) in [5.74, 6) is 0. The molecule has 2 rings (SSSR count). The fraction of sp³-hybridized carbons (Fsp3) is 0.900. The summed E-state index contributed by atoms with van der Waals surface area (Å²) in [5.41, 5.74) is 0. The Morgan fingerprint density at radius 3 is 2.07 bits per heavy atom. The molecule has 80 valence electrons. The van der Waals surface area contributed by atoms with Crippen LogP contribution in [0.3, 0.4) is 0 Å². The molecule has 2 saturated heterocycles. The Bertz CT molecular complexity index is 206. The SMILES string of the molecule is O=C(N1CCCCCC1)N1CC(O)C1. The van der Waals surface area contributed by atoms with Crippen LogP contribution >= 0.6 is 0 Å². The summed E-state index contributed by atoms with van der Waals surface area (Å²) in [4.78, 5) is 15.5. The molecule has 14 heavy (non-hydrogen) atoms. The van der Waals surface area contributed by atoms with Gasteiger partial charge in [0.25, 0.3) is 0 Å². The van der Waals surface area contributed by atoms with Crippen molar-refractivity contribution in [3.63, 3.8) is 0 Å². The minimum absolute atomic E-state index is 0.122. The van der Waals surface area contributed by atoms with E-state index in [9.17, 15) is 4.79 Å². The molecule has 0 radical (unpaired) electrons. The van der Waals surface area contributed by atoms with Gasteiger partial charge in [-0.05, 0) is 12.8 Å². The summed E-state index contributed by atoms with van der Waals surface area (Å²) in [6.07, 6.45) is 4.45. The topological polar surface area (TPSA) is 43.8 Å². The molecule has 2 amide bonds. The van der Waals surface area contributed by atoms with E-state index in [0.717, 1.165) is 25.9 Å². The monoisotopic (exact) mass is 198 g/mol. The molecular formula is C10H18N2O2. The van der Waals surface area contributed by atoms with Crippen molar-refractivity contribution < 1.29 is 9.90 Å². The van der Waals surface area contributed by atoms with E-state index in [-0.39, 0.29) is 12.1 Å². The standard InChI is InChI=1S/C10H18N2O2/c13-9-7-12(8-9)10(14)11-5-3-1-2-4-6-11/h9,13H,1-8H2. The lowest BCUT2D eigenvalue weighted by Crippen LogP contribution is -2.57. The molecule has 2 fully saturated rings. The van der Waals surface area contributed by atoms with Gasteiger partial charge in [0.1, 0.15) is 0 Å². The van der Waals surface area contributed by atoms with E-state index in [1.165, 1.54) is 12.8 Å². The summed E-state index contributed by atoms with van der Waals surface area (Å²) in [5, 5.41) is 9.11. The van der Waals surface area contributed by atoms with E-state index in [1.807, 2.05) is 4.90 Å². The van der Waals surface area contributed by atoms with E-state index < -0.39 is 0 Å². The van der Waals surface area contributed by atoms with Gasteiger partial charge in [0, 0.05) is 13.1 Å². The van der Waals surface area contributed by atoms with Crippen molar-refractivity contribution in [1.82, 2.24) is 9.80 Å². The lowest BCUT2D eigenvalue weighted by molar-refractivity contribution is 0.0153. The molecule has 4 heteroatoms. The summed E-state index contributed by atoms with van der Waals surface area (Å²) >= 11 is 0. The van der Waals surface area contributed by atoms with Gasteiger partial charge >= 0.3 is 6.03 Å². The van der Waals surface area contributed by atoms with Crippen LogP contribution in [0.15, 0.2) is 0 Å². The Labute approximate surface area is 84.5 Å². The minimum Gasteiger partial charge on any atom is -0.389 e. The molecule has 0 atom stereocenters. The number of urea groups is 1. The van der Waals surface area contributed by atoms with Crippen molar-refractivity contribution in [3.05, 3.63) is 0 Å². The highest BCUT2D eigenvalue weighted by Gasteiger charge is 2.31. The fourth-order valence-corrected chi connectivity index (χ4v) is 2.07. The zero-order valence-corrected chi connectivity index (χ0v) is 8.48. The number of β-amino-alcohol motifs (C(OH)–C–C–N with tert-alkyl or cyclic N) is 1. The molecule has 0 aliphatic carbocycles. The third-order valence-corrected chi connectivity index (χ3v) is 3.01. The summed E-state index contributed by atoms with van der Waals surface area (Å²) < 4.78 is 0. The molecule has 0 aromatic rings. The van der Waals surface area contributed by atoms with E-state index >= 15 is 0 Å². The van der Waals surface area contributed by atoms with Gasteiger partial charge in [-0.25, -0.2) is 4.79 Å². The zero-order valence-electron chi connectivity index (χ0n) is 8.48. The first-order valence-electron chi connectivity index (χ1n) is 5.49. The number of amides is 2. The van der Waals surface area contributed by atoms with Gasteiger partial charge in [-0.3, -0.25) is 0 Å². The van der Waals surface area contributed by atoms with Crippen LogP contribution in [0.1, 0.15) is 25.7 Å². The second-order valence-electron chi connectivity index (χ2n) is 4.24. The van der Waals surface area contributed by atoms with Gasteiger partial charge in [0.2, 0.25) is 0 Å². The first-order valence-corrected chi connectivity index (χ1v) is 5.49. The molecule has 0 aromatic carbocycles. The minimum atomic E-state index is -0.286. The summed E-state index contributed by atoms with van der Waals surface area (Å²) in [6, 6.07) is 0.122. The van der Waals surface area contributed by atoms with E-state index in [1.54, 1.807) is 4.90 Å². The number of hydrogen-bond donors (Lipinski definition) is 1. The summed E-state index contributed by atoms with van der Waals surface area (Å²) in [6.45, 7) is 2.83. The maximum atomic E-state index is 11.8. The van der Waals surface area contributed by atoms with Gasteiger partial charge in [-0.2, -0.15) is 0 Å². The maximum absolute atomic E-state index is 11.8. The molecule has 0 aromatic heterocycles. The first kappa shape index (κ1) is 9.77. The number of rotatable bonds is 0. The molecular weight excluding hydrogens is 180 g/mol. The Kier molecular flexibility index (Phi) is 2.91. The van der Waals surface area contributed by atoms with Crippen LogP contribution in [0, 0.1) is 0 Å². The highest BCUT2D eigenvalue weighted by Crippen LogP contribution is 2.15. The van der Waals surface area contributed by atoms with Crippen molar-refractivity contribution in [2.75, 3.05) is 26.2 Å². The lowest BCUT2D eigenvalue weighted by atomic mass is 10.2. The van der Waals surface area contributed by atoms with Gasteiger partial charge in [0.15, 0.2) is 0 Å². The average Bonchev–Trinajstić information content (AvgIpc) is 2.40. The zero-order chi connectivity index (χ0) is 9.97. The third kappa shape index (κ3) is 2.00. The van der Waals surface area contributed by atoms with Crippen molar-refractivity contribution in [1.29, 1.82) is 0 Å². The molecule has 4 nitrogen and oxygen atoms in total. The molecule has 2 aliphatic rings. The second kappa shape index (κ2) is 4.17. The number of aliphatic hydroxyl groups is 1. The summed E-state index contributed by atoms with van der Waals surface area (Å²) in [7, 11) is 0. The van der Waals surface area contributed by atoms with E-state index in [0.29, 0.717) is 13.1 Å². The Morgan fingerprint density at radius 1 is 1.00 bits per heavy atom. The molecule has 2 aliphatic heterocycles. The highest BCUT2D eigenvalue weighted by atomic mass is 16.3. The maximum Gasteiger partial charge on any atom is 0.320 e. The van der Waals surface area contributed by atoms with Crippen LogP contribution in [0.4, 0.5) is 4.79 Å². The van der Waals surface area contributed by atoms with Crippen LogP contribution in [-0.4, -0.2) is 53.2 Å². The Hall–Kier alpha value is -0.770. The number of aliphatic hydroxyl groups excluding tert-OH is 1. The molecule has 2 heterocycles. The van der Waals surface area contributed by atoms with Crippen LogP contribution in [0.5, 0.6) is 0 Å². The van der Waals surface area contributed by atoms with Gasteiger partial charge in [0.05, 0.1) is 19.2 Å². The van der Waals surface area contributed by atoms with Gasteiger partial charge in [-0.1, -0.05) is 12.8 Å². The molecule has 0 unspecified atom stereocenters. The number of nitrogens with zero attached hydrogens (tertiary/aromatic N) is 2. The van der Waals surface area contributed by atoms with Crippen molar-refractivity contribution in [3.8, 4) is 0 Å². The predicted octanol–water partition coefficient (Wildman–Crippen LogP) is 0.659. The number of likely N-dealkylation sites (tertiary alicyclic amines) is 2. The van der Waals surface area contributed by atoms with Crippen LogP contribution in [-0.2, 0) is 0 Å². The normalized spacial score (nSPS) is 24.4. The largest absolute Gasteiger partial charge is 0.389 e. The van der Waals surface area contributed by atoms with Crippen LogP contribution < -0.4 is 0 Å². The molecule has 0 bridgehead atoms. The molecule has 0 saturated carbocycles. The average molecular weight is 198 g/mol. The molecule has 0 spiro atoms. The highest BCUT2D eigenvalue weighted by molar-refractivity contribution is 5.75. The van der Waals surface area contributed by atoms with E-state index in [4.69, 9.17) is 5.11 Å².